The highest BCUT2D eigenvalue weighted by molar-refractivity contribution is 5.66. The maximum atomic E-state index is 10.5. The minimum absolute atomic E-state index is 0.324. The van der Waals surface area contributed by atoms with Gasteiger partial charge in [-0.3, -0.25) is 4.79 Å². The Labute approximate surface area is 111 Å². The first kappa shape index (κ1) is 15.3. The average Bonchev–Trinajstić information content (AvgIpc) is 2.31. The van der Waals surface area contributed by atoms with Gasteiger partial charge in [0, 0.05) is 6.42 Å². The summed E-state index contributed by atoms with van der Waals surface area (Å²) < 4.78 is 0. The van der Waals surface area contributed by atoms with E-state index in [9.17, 15) is 4.79 Å². The van der Waals surface area contributed by atoms with Gasteiger partial charge in [0.05, 0.1) is 0 Å². The Morgan fingerprint density at radius 3 is 2.44 bits per heavy atom. The van der Waals surface area contributed by atoms with Gasteiger partial charge in [-0.05, 0) is 38.0 Å². The van der Waals surface area contributed by atoms with E-state index in [4.69, 9.17) is 5.11 Å². The summed E-state index contributed by atoms with van der Waals surface area (Å²) in [4.78, 5) is 10.5. The number of carboxylic acid groups (broad SMARTS) is 1. The number of hydrogen-bond donors (Lipinski definition) is 1. The van der Waals surface area contributed by atoms with Gasteiger partial charge in [-0.1, -0.05) is 50.7 Å². The monoisotopic (exact) mass is 252 g/mol. The summed E-state index contributed by atoms with van der Waals surface area (Å²) in [5, 5.41) is 8.68. The quantitative estimate of drug-likeness (QED) is 0.720. The van der Waals surface area contributed by atoms with Gasteiger partial charge >= 0.3 is 5.97 Å². The van der Waals surface area contributed by atoms with Crippen molar-refractivity contribution in [1.29, 1.82) is 0 Å². The van der Waals surface area contributed by atoms with Crippen molar-refractivity contribution in [2.45, 2.75) is 77.0 Å². The summed E-state index contributed by atoms with van der Waals surface area (Å²) in [6.07, 6.45) is 18.8. The molecular weight excluding hydrogens is 224 g/mol. The molecule has 0 radical (unpaired) electrons. The Kier molecular flexibility index (Phi) is 8.62. The van der Waals surface area contributed by atoms with E-state index >= 15 is 0 Å². The molecule has 1 N–H and O–H groups in total. The first-order valence-corrected chi connectivity index (χ1v) is 7.67. The second-order valence-corrected chi connectivity index (χ2v) is 5.53. The third kappa shape index (κ3) is 8.32. The van der Waals surface area contributed by atoms with Crippen LogP contribution < -0.4 is 0 Å². The van der Waals surface area contributed by atoms with Gasteiger partial charge in [-0.2, -0.15) is 0 Å². The van der Waals surface area contributed by atoms with Crippen LogP contribution in [-0.2, 0) is 4.79 Å². The van der Waals surface area contributed by atoms with Crippen molar-refractivity contribution in [2.75, 3.05) is 0 Å². The maximum Gasteiger partial charge on any atom is 0.303 e. The lowest BCUT2D eigenvalue weighted by Gasteiger charge is -2.13. The van der Waals surface area contributed by atoms with Gasteiger partial charge in [0.15, 0.2) is 0 Å². The van der Waals surface area contributed by atoms with E-state index in [0.717, 1.165) is 12.8 Å². The Morgan fingerprint density at radius 2 is 1.72 bits per heavy atom. The fourth-order valence-electron chi connectivity index (χ4n) is 2.69. The maximum absolute atomic E-state index is 10.5. The second-order valence-electron chi connectivity index (χ2n) is 5.53. The average molecular weight is 252 g/mol. The lowest BCUT2D eigenvalue weighted by Crippen LogP contribution is -2.01. The Bertz CT molecular complexity index is 245. The summed E-state index contributed by atoms with van der Waals surface area (Å²) in [6, 6.07) is 0. The van der Waals surface area contributed by atoms with Crippen LogP contribution in [0.25, 0.3) is 0 Å². The zero-order valence-electron chi connectivity index (χ0n) is 11.6. The molecule has 0 spiro atoms. The molecule has 0 aromatic rings. The fourth-order valence-corrected chi connectivity index (χ4v) is 2.69. The molecule has 0 aliphatic heterocycles. The van der Waals surface area contributed by atoms with E-state index in [1.165, 1.54) is 57.8 Å². The normalized spacial score (nSPS) is 24.8. The number of carbonyl (C=O) groups is 1. The molecule has 0 fully saturated rings. The Balaban J connectivity index is 2.30. The predicted octanol–water partition coefficient (Wildman–Crippen LogP) is 4.94. The van der Waals surface area contributed by atoms with Gasteiger partial charge in [0.2, 0.25) is 0 Å². The van der Waals surface area contributed by atoms with E-state index < -0.39 is 5.97 Å². The molecule has 1 aliphatic carbocycles. The molecule has 0 amide bonds. The number of rotatable bonds is 4. The molecule has 2 nitrogen and oxygen atoms in total. The lowest BCUT2D eigenvalue weighted by molar-refractivity contribution is -0.137. The summed E-state index contributed by atoms with van der Waals surface area (Å²) in [6.45, 7) is 0. The van der Waals surface area contributed by atoms with Crippen LogP contribution in [0.5, 0.6) is 0 Å². The van der Waals surface area contributed by atoms with Crippen LogP contribution in [0.2, 0.25) is 0 Å². The van der Waals surface area contributed by atoms with Gasteiger partial charge in [0.1, 0.15) is 0 Å². The van der Waals surface area contributed by atoms with Crippen molar-refractivity contribution in [3.63, 3.8) is 0 Å². The van der Waals surface area contributed by atoms with Gasteiger partial charge in [-0.15, -0.1) is 0 Å². The summed E-state index contributed by atoms with van der Waals surface area (Å²) in [7, 11) is 0. The molecule has 1 unspecified atom stereocenters. The molecule has 0 aromatic heterocycles. The second kappa shape index (κ2) is 10.2. The molecule has 1 atom stereocenters. The number of hydrogen-bond acceptors (Lipinski definition) is 1. The summed E-state index contributed by atoms with van der Waals surface area (Å²) in [5.41, 5.74) is 0. The highest BCUT2D eigenvalue weighted by Crippen LogP contribution is 2.21. The van der Waals surface area contributed by atoms with Crippen molar-refractivity contribution < 1.29 is 9.90 Å². The van der Waals surface area contributed by atoms with Crippen LogP contribution in [0.3, 0.4) is 0 Å². The Morgan fingerprint density at radius 1 is 1.06 bits per heavy atom. The van der Waals surface area contributed by atoms with Crippen molar-refractivity contribution >= 4 is 5.97 Å². The first-order valence-electron chi connectivity index (χ1n) is 7.67. The SMILES string of the molecule is O=C(O)CCCC1/C=C/CCCCCCCCC1. The van der Waals surface area contributed by atoms with Crippen molar-refractivity contribution in [3.05, 3.63) is 12.2 Å². The fraction of sp³-hybridized carbons (Fsp3) is 0.812. The summed E-state index contributed by atoms with van der Waals surface area (Å²) in [5.74, 6) is -0.0455. The topological polar surface area (TPSA) is 37.3 Å². The largest absolute Gasteiger partial charge is 0.481 e. The van der Waals surface area contributed by atoms with Crippen molar-refractivity contribution in [2.24, 2.45) is 5.92 Å². The van der Waals surface area contributed by atoms with E-state index in [1.54, 1.807) is 0 Å². The van der Waals surface area contributed by atoms with Gasteiger partial charge in [0.25, 0.3) is 0 Å². The van der Waals surface area contributed by atoms with E-state index in [1.807, 2.05) is 0 Å². The van der Waals surface area contributed by atoms with Crippen LogP contribution >= 0.6 is 0 Å². The van der Waals surface area contributed by atoms with Crippen LogP contribution in [0.15, 0.2) is 12.2 Å². The highest BCUT2D eigenvalue weighted by Gasteiger charge is 2.07. The molecule has 0 aromatic carbocycles. The standard InChI is InChI=1S/C16H28O2/c17-16(18)14-10-13-15-11-8-6-4-2-1-3-5-7-9-12-15/h8,11,15H,1-7,9-10,12-14H2,(H,17,18)/b11-8+. The Hall–Kier alpha value is -0.790. The van der Waals surface area contributed by atoms with E-state index in [2.05, 4.69) is 12.2 Å². The molecule has 0 saturated carbocycles. The molecule has 18 heavy (non-hydrogen) atoms. The minimum Gasteiger partial charge on any atom is -0.481 e. The molecule has 0 heterocycles. The zero-order chi connectivity index (χ0) is 13.1. The van der Waals surface area contributed by atoms with Crippen molar-refractivity contribution in [1.82, 2.24) is 0 Å². The van der Waals surface area contributed by atoms with Crippen LogP contribution in [0, 0.1) is 5.92 Å². The summed E-state index contributed by atoms with van der Waals surface area (Å²) >= 11 is 0. The number of carboxylic acids is 1. The van der Waals surface area contributed by atoms with Crippen LogP contribution in [0.1, 0.15) is 77.0 Å². The third-order valence-electron chi connectivity index (χ3n) is 3.82. The molecular formula is C16H28O2. The first-order chi connectivity index (χ1) is 8.79. The smallest absolute Gasteiger partial charge is 0.303 e. The van der Waals surface area contributed by atoms with Gasteiger partial charge < -0.3 is 5.11 Å². The molecule has 1 rings (SSSR count). The van der Waals surface area contributed by atoms with Crippen LogP contribution in [0.4, 0.5) is 0 Å². The van der Waals surface area contributed by atoms with Gasteiger partial charge in [-0.25, -0.2) is 0 Å². The molecule has 0 saturated heterocycles. The van der Waals surface area contributed by atoms with E-state index in [-0.39, 0.29) is 0 Å². The molecule has 2 heteroatoms. The predicted molar refractivity (Wildman–Crippen MR) is 75.7 cm³/mol. The molecule has 1 aliphatic rings. The minimum atomic E-state index is -0.660. The van der Waals surface area contributed by atoms with Crippen molar-refractivity contribution in [3.8, 4) is 0 Å². The number of aliphatic carboxylic acids is 1. The van der Waals surface area contributed by atoms with E-state index in [0.29, 0.717) is 12.3 Å². The number of allylic oxidation sites excluding steroid dienone is 2. The van der Waals surface area contributed by atoms with Crippen LogP contribution in [-0.4, -0.2) is 11.1 Å². The highest BCUT2D eigenvalue weighted by atomic mass is 16.4. The third-order valence-corrected chi connectivity index (χ3v) is 3.82. The molecule has 0 bridgehead atoms. The molecule has 104 valence electrons. The lowest BCUT2D eigenvalue weighted by atomic mass is 9.93. The zero-order valence-corrected chi connectivity index (χ0v) is 11.6.